The van der Waals surface area contributed by atoms with Gasteiger partial charge in [-0.15, -0.1) is 0 Å². The number of hydrogen-bond acceptors (Lipinski definition) is 2. The molecule has 2 nitrogen and oxygen atoms in total. The second-order valence-electron chi connectivity index (χ2n) is 10.2. The molecule has 2 aromatic carbocycles. The van der Waals surface area contributed by atoms with Gasteiger partial charge in [0.05, 0.1) is 12.2 Å². The molecule has 1 aromatic heterocycles. The fourth-order valence-electron chi connectivity index (χ4n) is 5.62. The highest BCUT2D eigenvalue weighted by molar-refractivity contribution is 7.98. The summed E-state index contributed by atoms with van der Waals surface area (Å²) in [4.78, 5) is 4.87. The Morgan fingerprint density at radius 2 is 1.82 bits per heavy atom. The van der Waals surface area contributed by atoms with Crippen LogP contribution in [0.25, 0.3) is 0 Å². The molecule has 0 fully saturated rings. The van der Waals surface area contributed by atoms with Gasteiger partial charge in [0.15, 0.2) is 5.16 Å². The lowest BCUT2D eigenvalue weighted by molar-refractivity contribution is 0.213. The van der Waals surface area contributed by atoms with Gasteiger partial charge in [-0.25, -0.2) is 13.8 Å². The van der Waals surface area contributed by atoms with Gasteiger partial charge in [0.1, 0.15) is 11.6 Å². The molecule has 0 N–H and O–H groups in total. The third-order valence-corrected chi connectivity index (χ3v) is 9.89. The van der Waals surface area contributed by atoms with Crippen LogP contribution in [-0.4, -0.2) is 9.55 Å². The van der Waals surface area contributed by atoms with Gasteiger partial charge >= 0.3 is 0 Å². The van der Waals surface area contributed by atoms with Crippen LogP contribution < -0.4 is 0 Å². The molecule has 0 spiro atoms. The van der Waals surface area contributed by atoms with Crippen LogP contribution in [0.15, 0.2) is 77.9 Å². The molecule has 2 aliphatic rings. The first kappa shape index (κ1) is 27.5. The number of fused-ring (bicyclic) bond motifs is 3. The average molecular weight is 592 g/mol. The van der Waals surface area contributed by atoms with E-state index in [1.54, 1.807) is 12.1 Å². The smallest absolute Gasteiger partial charge is 0.169 e. The lowest BCUT2D eigenvalue weighted by Crippen LogP contribution is -2.44. The number of thioether (sulfide) groups is 1. The van der Waals surface area contributed by atoms with Crippen LogP contribution in [0.5, 0.6) is 0 Å². The van der Waals surface area contributed by atoms with E-state index in [9.17, 15) is 8.78 Å². The third-order valence-electron chi connectivity index (χ3n) is 7.73. The van der Waals surface area contributed by atoms with Gasteiger partial charge in [0.2, 0.25) is 0 Å². The number of benzene rings is 2. The molecule has 0 saturated heterocycles. The third kappa shape index (κ3) is 4.88. The molecule has 2 heterocycles. The Morgan fingerprint density at radius 1 is 1.08 bits per heavy atom. The van der Waals surface area contributed by atoms with E-state index in [0.29, 0.717) is 20.8 Å². The van der Waals surface area contributed by atoms with Crippen molar-refractivity contribution in [2.75, 3.05) is 0 Å². The number of allylic oxidation sites excluding steroid dienone is 6. The van der Waals surface area contributed by atoms with Crippen LogP contribution in [0.1, 0.15) is 48.7 Å². The molecule has 38 heavy (non-hydrogen) atoms. The molecule has 0 saturated carbocycles. The quantitative estimate of drug-likeness (QED) is 0.275. The SMILES string of the molecule is Cc1c(Cl)cc(C2(C(C)C)CC3/C=C/C=C(F)\C=C/C3n3c2cnc3SCc2ccc(F)cc2Cl)cc1Cl. The molecular formula is C30H27Cl3F2N2S. The zero-order chi connectivity index (χ0) is 27.2. The number of halogens is 5. The summed E-state index contributed by atoms with van der Waals surface area (Å²) in [6.07, 6.45) is 11.5. The van der Waals surface area contributed by atoms with Crippen LogP contribution in [0.3, 0.4) is 0 Å². The molecule has 3 unspecified atom stereocenters. The standard InChI is InChI=1S/C30H27Cl3F2N2S/c1-17(2)30(21-11-24(31)18(3)25(32)12-21)14-19-5-4-6-22(34)9-10-27(19)37-28(30)15-36-29(37)38-16-20-7-8-23(35)13-26(20)33/h4-13,15,17,19,27H,14,16H2,1-3H3/b5-4+,10-9-,22-6+. The predicted molar refractivity (Wildman–Crippen MR) is 155 cm³/mol. The Bertz CT molecular complexity index is 1450. The second-order valence-corrected chi connectivity index (χ2v) is 12.3. The molecule has 0 bridgehead atoms. The molecule has 3 atom stereocenters. The Balaban J connectivity index is 1.68. The zero-order valence-electron chi connectivity index (χ0n) is 21.2. The van der Waals surface area contributed by atoms with Crippen molar-refractivity contribution >= 4 is 46.6 Å². The molecule has 1 aliphatic carbocycles. The van der Waals surface area contributed by atoms with Crippen molar-refractivity contribution in [1.29, 1.82) is 0 Å². The number of rotatable bonds is 5. The number of nitrogens with zero attached hydrogens (tertiary/aromatic N) is 2. The van der Waals surface area contributed by atoms with Gasteiger partial charge in [-0.05, 0) is 72.4 Å². The summed E-state index contributed by atoms with van der Waals surface area (Å²) in [5.74, 6) is 0.0768. The van der Waals surface area contributed by atoms with E-state index in [4.69, 9.17) is 39.8 Å². The van der Waals surface area contributed by atoms with Crippen molar-refractivity contribution < 1.29 is 8.78 Å². The molecule has 3 aromatic rings. The predicted octanol–water partition coefficient (Wildman–Crippen LogP) is 10.1. The summed E-state index contributed by atoms with van der Waals surface area (Å²) in [7, 11) is 0. The number of aromatic nitrogens is 2. The first-order chi connectivity index (χ1) is 18.1. The minimum absolute atomic E-state index is 0.0623. The Hall–Kier alpha value is -2.05. The first-order valence-electron chi connectivity index (χ1n) is 12.4. The monoisotopic (exact) mass is 590 g/mol. The van der Waals surface area contributed by atoms with Gasteiger partial charge in [-0.1, -0.05) is 84.7 Å². The second kappa shape index (κ2) is 10.8. The largest absolute Gasteiger partial charge is 0.315 e. The maximum absolute atomic E-state index is 14.3. The van der Waals surface area contributed by atoms with Crippen molar-refractivity contribution in [3.8, 4) is 0 Å². The van der Waals surface area contributed by atoms with Crippen molar-refractivity contribution in [3.63, 3.8) is 0 Å². The number of hydrogen-bond donors (Lipinski definition) is 0. The van der Waals surface area contributed by atoms with Crippen molar-refractivity contribution in [2.45, 2.75) is 49.6 Å². The summed E-state index contributed by atoms with van der Waals surface area (Å²) in [5.41, 5.74) is 3.28. The molecule has 1 aliphatic heterocycles. The van der Waals surface area contributed by atoms with Crippen LogP contribution in [0.2, 0.25) is 15.1 Å². The van der Waals surface area contributed by atoms with Crippen molar-refractivity contribution in [2.24, 2.45) is 11.8 Å². The maximum Gasteiger partial charge on any atom is 0.169 e. The van der Waals surface area contributed by atoms with E-state index in [2.05, 4.69) is 24.5 Å². The van der Waals surface area contributed by atoms with Crippen LogP contribution in [0.4, 0.5) is 8.78 Å². The highest BCUT2D eigenvalue weighted by Gasteiger charge is 2.48. The minimum atomic E-state index is -0.443. The van der Waals surface area contributed by atoms with E-state index in [-0.39, 0.29) is 29.5 Å². The van der Waals surface area contributed by atoms with Crippen LogP contribution >= 0.6 is 46.6 Å². The molecular weight excluding hydrogens is 565 g/mol. The summed E-state index contributed by atoms with van der Waals surface area (Å²) >= 11 is 21.2. The zero-order valence-corrected chi connectivity index (χ0v) is 24.3. The van der Waals surface area contributed by atoms with Gasteiger partial charge < -0.3 is 4.57 Å². The lowest BCUT2D eigenvalue weighted by atomic mass is 9.61. The van der Waals surface area contributed by atoms with Gasteiger partial charge in [0, 0.05) is 37.8 Å². The first-order valence-corrected chi connectivity index (χ1v) is 14.6. The average Bonchev–Trinajstić information content (AvgIpc) is 3.28. The molecule has 8 heteroatoms. The van der Waals surface area contributed by atoms with E-state index < -0.39 is 5.41 Å². The fourth-order valence-corrected chi connectivity index (χ4v) is 7.44. The topological polar surface area (TPSA) is 17.8 Å². The molecule has 0 amide bonds. The number of imidazole rings is 1. The van der Waals surface area contributed by atoms with E-state index in [1.165, 1.54) is 36.0 Å². The van der Waals surface area contributed by atoms with E-state index >= 15 is 0 Å². The summed E-state index contributed by atoms with van der Waals surface area (Å²) < 4.78 is 30.1. The Kier molecular flexibility index (Phi) is 7.85. The molecule has 198 valence electrons. The van der Waals surface area contributed by atoms with E-state index in [0.717, 1.165) is 34.0 Å². The molecule has 5 rings (SSSR count). The minimum Gasteiger partial charge on any atom is -0.315 e. The van der Waals surface area contributed by atoms with Gasteiger partial charge in [-0.2, -0.15) is 0 Å². The molecule has 0 radical (unpaired) electrons. The Morgan fingerprint density at radius 3 is 2.50 bits per heavy atom. The lowest BCUT2D eigenvalue weighted by Gasteiger charge is -2.48. The summed E-state index contributed by atoms with van der Waals surface area (Å²) in [6, 6.07) is 8.32. The van der Waals surface area contributed by atoms with Crippen LogP contribution in [-0.2, 0) is 11.2 Å². The van der Waals surface area contributed by atoms with E-state index in [1.807, 2.05) is 31.3 Å². The normalized spacial score (nSPS) is 25.7. The van der Waals surface area contributed by atoms with Gasteiger partial charge in [0.25, 0.3) is 0 Å². The maximum atomic E-state index is 14.3. The van der Waals surface area contributed by atoms with Crippen molar-refractivity contribution in [1.82, 2.24) is 9.55 Å². The summed E-state index contributed by atoms with van der Waals surface area (Å²) in [5, 5.41) is 2.41. The van der Waals surface area contributed by atoms with Gasteiger partial charge in [-0.3, -0.25) is 0 Å². The summed E-state index contributed by atoms with van der Waals surface area (Å²) in [6.45, 7) is 6.31. The Labute approximate surface area is 241 Å². The highest BCUT2D eigenvalue weighted by atomic mass is 35.5. The fraction of sp³-hybridized carbons (Fsp3) is 0.300. The van der Waals surface area contributed by atoms with Crippen molar-refractivity contribution in [3.05, 3.63) is 116 Å². The van der Waals surface area contributed by atoms with Crippen LogP contribution in [0, 0.1) is 24.6 Å². The highest BCUT2D eigenvalue weighted by Crippen LogP contribution is 2.54.